The molecule has 22 nitrogen and oxygen atoms in total. The molecule has 6 aromatic rings. The Hall–Kier alpha value is -6.78. The fraction of sp³-hybridized carbons (Fsp3) is 0.443. The fourth-order valence-corrected chi connectivity index (χ4v) is 14.0. The molecule has 2 aromatic heterocycles. The average molecular weight is 1340 g/mol. The van der Waals surface area contributed by atoms with E-state index < -0.39 is 91.2 Å². The van der Waals surface area contributed by atoms with Crippen molar-refractivity contribution >= 4 is 145 Å². The van der Waals surface area contributed by atoms with Gasteiger partial charge in [-0.3, -0.25) is 28.8 Å². The van der Waals surface area contributed by atoms with Crippen molar-refractivity contribution in [1.29, 1.82) is 0 Å². The summed E-state index contributed by atoms with van der Waals surface area (Å²) in [7, 11) is -7.83. The molecule has 0 saturated carbocycles. The molecule has 0 aliphatic carbocycles. The van der Waals surface area contributed by atoms with E-state index in [2.05, 4.69) is 42.7 Å². The number of carbonyl (C=O) groups excluding carboxylic acids is 8. The number of halogens is 2. The molecule has 6 amide bonds. The van der Waals surface area contributed by atoms with Crippen molar-refractivity contribution < 1.29 is 64.7 Å². The van der Waals surface area contributed by atoms with Gasteiger partial charge in [0.15, 0.2) is 23.8 Å². The van der Waals surface area contributed by atoms with Crippen molar-refractivity contribution in [1.82, 2.24) is 28.0 Å². The Kier molecular flexibility index (Phi) is 24.9. The second-order valence-electron chi connectivity index (χ2n) is 21.9. The number of rotatable bonds is 32. The highest BCUT2D eigenvalue weighted by molar-refractivity contribution is 7.89. The van der Waals surface area contributed by atoms with Crippen LogP contribution >= 0.6 is 46.3 Å². The number of aromatic nitrogens is 2. The molecule has 2 saturated heterocycles. The number of nitrogens with one attached hydrogen (secondary N) is 4. The zero-order valence-electron chi connectivity index (χ0n) is 49.9. The van der Waals surface area contributed by atoms with Crippen LogP contribution in [0.15, 0.2) is 94.7 Å². The lowest BCUT2D eigenvalue weighted by Gasteiger charge is -2.23. The molecule has 89 heavy (non-hydrogen) atoms. The van der Waals surface area contributed by atoms with Crippen LogP contribution in [0.2, 0.25) is 10.0 Å². The SMILES string of the molecule is CCCCCCCCCCCCNS(=O)(=O)c1ccc(Cl)c(NC(=O)C(C(=O)c2nsc3ccccc23)N2C(=O)OC(C)(C)C2=O)c1.CCCCCCCCNS(=O)(=O)c1ccc(NC(=O)C(C(=O)c2nsc3ccccc23)N2C(=O)OC(C)C2=O)c(Cl)c1. The van der Waals surface area contributed by atoms with Gasteiger partial charge in [-0.05, 0) is 105 Å². The van der Waals surface area contributed by atoms with Gasteiger partial charge in [-0.2, -0.15) is 8.75 Å². The number of amides is 6. The van der Waals surface area contributed by atoms with Crippen molar-refractivity contribution in [2.75, 3.05) is 23.7 Å². The third kappa shape index (κ3) is 17.6. The minimum Gasteiger partial charge on any atom is -0.436 e. The third-order valence-corrected chi connectivity index (χ3v) is 19.9. The number of Topliss-reactive ketones (excluding diaryl/α,β-unsaturated/α-hetero) is 2. The number of hydrogen-bond acceptors (Lipinski definition) is 18. The van der Waals surface area contributed by atoms with Gasteiger partial charge >= 0.3 is 12.2 Å². The van der Waals surface area contributed by atoms with Crippen LogP contribution in [0.1, 0.15) is 158 Å². The Morgan fingerprint density at radius 1 is 0.573 bits per heavy atom. The zero-order chi connectivity index (χ0) is 64.6. The van der Waals surface area contributed by atoms with E-state index in [1.807, 2.05) is 0 Å². The molecule has 2 aliphatic heterocycles. The Labute approximate surface area is 535 Å². The molecule has 0 spiro atoms. The van der Waals surface area contributed by atoms with Crippen LogP contribution in [0, 0.1) is 0 Å². The summed E-state index contributed by atoms with van der Waals surface area (Å²) in [6, 6.07) is 17.2. The number of sulfonamides is 2. The van der Waals surface area contributed by atoms with E-state index >= 15 is 0 Å². The monoisotopic (exact) mass is 1340 g/mol. The minimum absolute atomic E-state index is 0.0204. The predicted octanol–water partition coefficient (Wildman–Crippen LogP) is 12.2. The first kappa shape index (κ1) is 69.7. The molecule has 4 N–H and O–H groups in total. The molecule has 3 unspecified atom stereocenters. The topological polar surface area (TPSA) is 304 Å². The predicted molar refractivity (Wildman–Crippen MR) is 341 cm³/mol. The van der Waals surface area contributed by atoms with Gasteiger partial charge in [0, 0.05) is 23.9 Å². The van der Waals surface area contributed by atoms with E-state index in [0.717, 1.165) is 80.5 Å². The summed E-state index contributed by atoms with van der Waals surface area (Å²) in [6.07, 6.45) is 13.7. The molecule has 0 radical (unpaired) electrons. The third-order valence-electron chi connectivity index (χ3n) is 14.7. The number of hydrogen-bond donors (Lipinski definition) is 4. The first-order valence-corrected chi connectivity index (χ1v) is 34.8. The van der Waals surface area contributed by atoms with Gasteiger partial charge < -0.3 is 20.1 Å². The van der Waals surface area contributed by atoms with Crippen molar-refractivity contribution in [3.05, 3.63) is 106 Å². The molecule has 3 atom stereocenters. The molecular weight excluding hydrogens is 1270 g/mol. The maximum absolute atomic E-state index is 13.9. The summed E-state index contributed by atoms with van der Waals surface area (Å²) in [5.41, 5.74) is -1.95. The van der Waals surface area contributed by atoms with E-state index in [1.54, 1.807) is 48.5 Å². The van der Waals surface area contributed by atoms with Crippen LogP contribution in [0.5, 0.6) is 0 Å². The van der Waals surface area contributed by atoms with E-state index in [9.17, 15) is 55.2 Å². The molecule has 4 heterocycles. The number of ketones is 2. The van der Waals surface area contributed by atoms with Crippen molar-refractivity contribution in [2.45, 2.75) is 171 Å². The van der Waals surface area contributed by atoms with E-state index in [1.165, 1.54) is 89.6 Å². The lowest BCUT2D eigenvalue weighted by atomic mass is 10.0. The highest BCUT2D eigenvalue weighted by Gasteiger charge is 2.55. The number of benzene rings is 4. The average Bonchev–Trinajstić information content (AvgIpc) is 1.72. The zero-order valence-corrected chi connectivity index (χ0v) is 54.7. The van der Waals surface area contributed by atoms with Crippen LogP contribution < -0.4 is 20.1 Å². The van der Waals surface area contributed by atoms with E-state index in [0.29, 0.717) is 42.8 Å². The van der Waals surface area contributed by atoms with Crippen molar-refractivity contribution in [2.24, 2.45) is 0 Å². The van der Waals surface area contributed by atoms with Gasteiger partial charge in [0.05, 0.1) is 40.6 Å². The second-order valence-corrected chi connectivity index (χ2v) is 27.8. The quantitative estimate of drug-likeness (QED) is 0.0173. The largest absolute Gasteiger partial charge is 0.436 e. The Balaban J connectivity index is 0.000000255. The van der Waals surface area contributed by atoms with Crippen molar-refractivity contribution in [3.8, 4) is 0 Å². The summed E-state index contributed by atoms with van der Waals surface area (Å²) in [5, 5.41) is 5.67. The molecule has 0 bridgehead atoms. The summed E-state index contributed by atoms with van der Waals surface area (Å²) in [5.74, 6) is -5.70. The van der Waals surface area contributed by atoms with Crippen molar-refractivity contribution in [3.63, 3.8) is 0 Å². The number of carbonyl (C=O) groups is 8. The summed E-state index contributed by atoms with van der Waals surface area (Å²) in [6.45, 7) is 8.87. The number of nitrogens with zero attached hydrogens (tertiary/aromatic N) is 4. The Morgan fingerprint density at radius 2 is 1.01 bits per heavy atom. The van der Waals surface area contributed by atoms with E-state index in [-0.39, 0.29) is 55.7 Å². The van der Waals surface area contributed by atoms with Gasteiger partial charge in [0.1, 0.15) is 11.4 Å². The van der Waals surface area contributed by atoms with E-state index in [4.69, 9.17) is 32.7 Å². The van der Waals surface area contributed by atoms with Gasteiger partial charge in [0.25, 0.3) is 23.6 Å². The molecule has 8 rings (SSSR count). The lowest BCUT2D eigenvalue weighted by molar-refractivity contribution is -0.137. The Morgan fingerprint density at radius 3 is 1.46 bits per heavy atom. The van der Waals surface area contributed by atoms with Crippen LogP contribution in [0.4, 0.5) is 21.0 Å². The highest BCUT2D eigenvalue weighted by Crippen LogP contribution is 2.33. The van der Waals surface area contributed by atoms with Crippen LogP contribution in [0.3, 0.4) is 0 Å². The molecular formula is C61H72Cl2N8O14S4. The van der Waals surface area contributed by atoms with Crippen LogP contribution in [0.25, 0.3) is 20.2 Å². The van der Waals surface area contributed by atoms with Crippen LogP contribution in [-0.4, -0.2) is 120 Å². The highest BCUT2D eigenvalue weighted by atomic mass is 35.5. The molecule has 478 valence electrons. The summed E-state index contributed by atoms with van der Waals surface area (Å²) < 4.78 is 76.7. The lowest BCUT2D eigenvalue weighted by Crippen LogP contribution is -2.53. The summed E-state index contributed by atoms with van der Waals surface area (Å²) in [4.78, 5) is 107. The normalized spacial score (nSPS) is 15.6. The number of ether oxygens (including phenoxy) is 2. The molecule has 28 heteroatoms. The maximum Gasteiger partial charge on any atom is 0.418 e. The smallest absolute Gasteiger partial charge is 0.418 e. The first-order chi connectivity index (χ1) is 42.4. The number of fused-ring (bicyclic) bond motifs is 2. The molecule has 2 fully saturated rings. The van der Waals surface area contributed by atoms with Gasteiger partial charge in [-0.15, -0.1) is 0 Å². The summed E-state index contributed by atoms with van der Waals surface area (Å²) >= 11 is 14.7. The molecule has 2 aliphatic rings. The maximum atomic E-state index is 13.9. The van der Waals surface area contributed by atoms with Gasteiger partial charge in [0.2, 0.25) is 31.6 Å². The number of cyclic esters (lactones) is 2. The number of imide groups is 2. The van der Waals surface area contributed by atoms with Crippen LogP contribution in [-0.2, 0) is 48.7 Å². The fourth-order valence-electron chi connectivity index (χ4n) is 9.81. The minimum atomic E-state index is -3.96. The standard InChI is InChI=1S/C33H41ClN4O7S2.C28H31ClN4O7S2/c1-4-5-6-7-8-9-10-11-12-15-20-35-47(43,44)22-18-19-24(34)25(21-22)36-30(40)28(38-31(41)33(2,3)45-32(38)42)29(39)27-23-16-13-14-17-26(23)46-37-27;1-3-4-5-6-7-10-15-30-42(38,39)18-13-14-21(20(29)16-18)31-26(35)24(33-27(36)17(2)40-28(33)37)25(34)23-19-11-8-9-12-22(19)41-32-23/h13-14,16-19,21,28,35H,4-12,15,20H2,1-3H3,(H,36,40);8-9,11-14,16-17,24,30H,3-7,10,15H2,1-2H3,(H,31,35). The second kappa shape index (κ2) is 31.8. The van der Waals surface area contributed by atoms with Gasteiger partial charge in [-0.25, -0.2) is 45.7 Å². The number of anilines is 2. The first-order valence-electron chi connectivity index (χ1n) is 29.5. The molecule has 4 aromatic carbocycles. The number of unbranched alkanes of at least 4 members (excludes halogenated alkanes) is 14. The van der Waals surface area contributed by atoms with Gasteiger partial charge in [-0.1, -0.05) is 163 Å². The Bertz CT molecular complexity index is 3820.